The van der Waals surface area contributed by atoms with Crippen LogP contribution in [0.15, 0.2) is 40.9 Å². The fourth-order valence-electron chi connectivity index (χ4n) is 2.67. The van der Waals surface area contributed by atoms with Crippen molar-refractivity contribution in [1.29, 1.82) is 0 Å². The zero-order chi connectivity index (χ0) is 21.9. The van der Waals surface area contributed by atoms with Gasteiger partial charge in [-0.05, 0) is 79.8 Å². The molecule has 0 saturated carbocycles. The summed E-state index contributed by atoms with van der Waals surface area (Å²) in [6, 6.07) is 10.7. The first-order valence-electron chi connectivity index (χ1n) is 9.21. The summed E-state index contributed by atoms with van der Waals surface area (Å²) in [5.74, 6) is 1.90. The first-order chi connectivity index (χ1) is 14.2. The highest BCUT2D eigenvalue weighted by atomic mass is 127. The summed E-state index contributed by atoms with van der Waals surface area (Å²) in [5.41, 5.74) is 1.66. The molecule has 0 aliphatic carbocycles. The van der Waals surface area contributed by atoms with E-state index in [-0.39, 0.29) is 12.0 Å². The zero-order valence-corrected chi connectivity index (χ0v) is 19.9. The molecule has 3 aromatic rings. The van der Waals surface area contributed by atoms with Gasteiger partial charge in [-0.3, -0.25) is 4.72 Å². The second-order valence-corrected chi connectivity index (χ2v) is 9.66. The first kappa shape index (κ1) is 22.3. The number of ether oxygens (including phenoxy) is 2. The summed E-state index contributed by atoms with van der Waals surface area (Å²) in [6.45, 7) is 6.16. The quantitative estimate of drug-likeness (QED) is 0.416. The van der Waals surface area contributed by atoms with Gasteiger partial charge in [-0.25, -0.2) is 8.42 Å². The van der Waals surface area contributed by atoms with Crippen LogP contribution in [0.3, 0.4) is 0 Å². The zero-order valence-electron chi connectivity index (χ0n) is 17.0. The van der Waals surface area contributed by atoms with Gasteiger partial charge in [0.05, 0.1) is 28.2 Å². The summed E-state index contributed by atoms with van der Waals surface area (Å²) in [7, 11) is -3.48. The lowest BCUT2D eigenvalue weighted by atomic mass is 10.2. The molecular weight excluding hydrogens is 521 g/mol. The minimum Gasteiger partial charge on any atom is -0.492 e. The molecule has 10 heteroatoms. The van der Waals surface area contributed by atoms with Crippen molar-refractivity contribution in [3.8, 4) is 34.3 Å². The van der Waals surface area contributed by atoms with Crippen molar-refractivity contribution in [1.82, 2.24) is 10.1 Å². The summed E-state index contributed by atoms with van der Waals surface area (Å²) in [4.78, 5) is 4.46. The van der Waals surface area contributed by atoms with E-state index in [1.165, 1.54) is 0 Å². The Bertz CT molecular complexity index is 1150. The van der Waals surface area contributed by atoms with Crippen molar-refractivity contribution >= 4 is 38.3 Å². The highest BCUT2D eigenvalue weighted by Crippen LogP contribution is 2.32. The lowest BCUT2D eigenvalue weighted by molar-refractivity contribution is 0.240. The molecule has 3 rings (SSSR count). The van der Waals surface area contributed by atoms with Crippen LogP contribution >= 0.6 is 22.6 Å². The molecule has 0 amide bonds. The average molecular weight is 543 g/mol. The number of halogens is 1. The van der Waals surface area contributed by atoms with E-state index in [2.05, 4.69) is 37.5 Å². The van der Waals surface area contributed by atoms with Crippen molar-refractivity contribution in [3.05, 3.63) is 40.0 Å². The number of hydrogen-bond acceptors (Lipinski definition) is 7. The van der Waals surface area contributed by atoms with Crippen molar-refractivity contribution < 1.29 is 22.4 Å². The van der Waals surface area contributed by atoms with E-state index < -0.39 is 10.0 Å². The average Bonchev–Trinajstić information content (AvgIpc) is 3.13. The molecule has 1 N–H and O–H groups in total. The summed E-state index contributed by atoms with van der Waals surface area (Å²) < 4.78 is 43.4. The Kier molecular flexibility index (Phi) is 6.86. The number of aromatic nitrogens is 2. The van der Waals surface area contributed by atoms with Gasteiger partial charge in [-0.15, -0.1) is 0 Å². The maximum atomic E-state index is 11.7. The molecule has 0 saturated heterocycles. The second kappa shape index (κ2) is 9.21. The molecule has 0 spiro atoms. The molecule has 1 aromatic heterocycles. The molecule has 8 nitrogen and oxygen atoms in total. The molecule has 1 heterocycles. The molecule has 2 aromatic carbocycles. The number of benzene rings is 2. The highest BCUT2D eigenvalue weighted by molar-refractivity contribution is 14.1. The fraction of sp³-hybridized carbons (Fsp3) is 0.300. The van der Waals surface area contributed by atoms with Gasteiger partial charge in [0.25, 0.3) is 5.89 Å². The molecule has 160 valence electrons. The summed E-state index contributed by atoms with van der Waals surface area (Å²) in [6.07, 6.45) is 1.16. The molecule has 0 fully saturated rings. The SMILES string of the molecule is CCOc1ccc(-c2nc(-c3ccc(OC(C)C)c(I)c3)no2)cc1NS(C)(=O)=O. The highest BCUT2D eigenvalue weighted by Gasteiger charge is 2.16. The van der Waals surface area contributed by atoms with Gasteiger partial charge >= 0.3 is 0 Å². The van der Waals surface area contributed by atoms with Gasteiger partial charge < -0.3 is 14.0 Å². The number of nitrogens with zero attached hydrogens (tertiary/aromatic N) is 2. The van der Waals surface area contributed by atoms with Crippen LogP contribution in [0.2, 0.25) is 0 Å². The lowest BCUT2D eigenvalue weighted by Crippen LogP contribution is -2.11. The van der Waals surface area contributed by atoms with Gasteiger partial charge in [0.2, 0.25) is 15.8 Å². The Morgan fingerprint density at radius 3 is 2.47 bits per heavy atom. The maximum absolute atomic E-state index is 11.7. The van der Waals surface area contributed by atoms with E-state index in [1.54, 1.807) is 18.2 Å². The predicted molar refractivity (Wildman–Crippen MR) is 123 cm³/mol. The van der Waals surface area contributed by atoms with Crippen LogP contribution in [0.4, 0.5) is 5.69 Å². The van der Waals surface area contributed by atoms with Crippen LogP contribution in [0.1, 0.15) is 20.8 Å². The van der Waals surface area contributed by atoms with Crippen molar-refractivity contribution in [3.63, 3.8) is 0 Å². The molecular formula is C20H22IN3O5S. The lowest BCUT2D eigenvalue weighted by Gasteiger charge is -2.12. The Hall–Kier alpha value is -2.34. The third kappa shape index (κ3) is 5.63. The monoisotopic (exact) mass is 543 g/mol. The minimum atomic E-state index is -3.48. The van der Waals surface area contributed by atoms with Crippen LogP contribution in [0.25, 0.3) is 22.8 Å². The number of hydrogen-bond donors (Lipinski definition) is 1. The van der Waals surface area contributed by atoms with Crippen LogP contribution < -0.4 is 14.2 Å². The van der Waals surface area contributed by atoms with E-state index in [0.717, 1.165) is 21.1 Å². The minimum absolute atomic E-state index is 0.0792. The van der Waals surface area contributed by atoms with Crippen LogP contribution in [-0.2, 0) is 10.0 Å². The molecule has 0 aliphatic heterocycles. The Morgan fingerprint density at radius 2 is 1.83 bits per heavy atom. The maximum Gasteiger partial charge on any atom is 0.258 e. The standard InChI is InChI=1S/C20H22IN3O5S/c1-5-27-18-9-7-14(11-16(18)24-30(4,25)26)20-22-19(23-29-20)13-6-8-17(15(21)10-13)28-12(2)3/h6-12,24H,5H2,1-4H3. The van der Waals surface area contributed by atoms with Gasteiger partial charge in [0.1, 0.15) is 11.5 Å². The Labute approximate surface area is 189 Å². The van der Waals surface area contributed by atoms with Gasteiger partial charge in [0, 0.05) is 11.1 Å². The van der Waals surface area contributed by atoms with Crippen molar-refractivity contribution in [2.75, 3.05) is 17.6 Å². The number of sulfonamides is 1. The molecule has 0 unspecified atom stereocenters. The normalized spacial score (nSPS) is 11.5. The molecule has 30 heavy (non-hydrogen) atoms. The summed E-state index contributed by atoms with van der Waals surface area (Å²) >= 11 is 2.20. The molecule has 0 atom stereocenters. The number of rotatable bonds is 8. The van der Waals surface area contributed by atoms with E-state index in [9.17, 15) is 8.42 Å². The smallest absolute Gasteiger partial charge is 0.258 e. The van der Waals surface area contributed by atoms with Crippen molar-refractivity contribution in [2.45, 2.75) is 26.9 Å². The molecule has 0 radical (unpaired) electrons. The largest absolute Gasteiger partial charge is 0.492 e. The third-order valence-corrected chi connectivity index (χ3v) is 5.23. The van der Waals surface area contributed by atoms with Gasteiger partial charge in [-0.2, -0.15) is 4.98 Å². The van der Waals surface area contributed by atoms with Gasteiger partial charge in [0.15, 0.2) is 0 Å². The first-order valence-corrected chi connectivity index (χ1v) is 12.2. The number of anilines is 1. The van der Waals surface area contributed by atoms with E-state index in [0.29, 0.717) is 29.4 Å². The van der Waals surface area contributed by atoms with E-state index >= 15 is 0 Å². The number of nitrogens with one attached hydrogen (secondary N) is 1. The van der Waals surface area contributed by atoms with Crippen LogP contribution in [-0.4, -0.2) is 37.5 Å². The summed E-state index contributed by atoms with van der Waals surface area (Å²) in [5, 5.41) is 4.06. The topological polar surface area (TPSA) is 104 Å². The Morgan fingerprint density at radius 1 is 1.13 bits per heavy atom. The van der Waals surface area contributed by atoms with Crippen LogP contribution in [0, 0.1) is 3.57 Å². The molecule has 0 bridgehead atoms. The van der Waals surface area contributed by atoms with Crippen LogP contribution in [0.5, 0.6) is 11.5 Å². The fourth-order valence-corrected chi connectivity index (χ4v) is 3.87. The van der Waals surface area contributed by atoms with Crippen molar-refractivity contribution in [2.24, 2.45) is 0 Å². The third-order valence-electron chi connectivity index (χ3n) is 3.80. The predicted octanol–water partition coefficient (Wildman–Crippen LogP) is 4.57. The van der Waals surface area contributed by atoms with Gasteiger partial charge in [-0.1, -0.05) is 5.16 Å². The van der Waals surface area contributed by atoms with E-state index in [1.807, 2.05) is 39.0 Å². The Balaban J connectivity index is 1.92. The van der Waals surface area contributed by atoms with E-state index in [4.69, 9.17) is 14.0 Å². The second-order valence-electron chi connectivity index (χ2n) is 6.75. The molecule has 0 aliphatic rings.